The largest absolute Gasteiger partial charge is 0.316 e. The Morgan fingerprint density at radius 3 is 2.72 bits per heavy atom. The molecule has 166 valence electrons. The van der Waals surface area contributed by atoms with E-state index in [2.05, 4.69) is 60.6 Å². The first kappa shape index (κ1) is 23.3. The van der Waals surface area contributed by atoms with Gasteiger partial charge in [-0.05, 0) is 50.2 Å². The quantitative estimate of drug-likeness (QED) is 0.318. The fraction of sp³-hybridized carbons (Fsp3) is 0.250. The molecule has 0 saturated carbocycles. The van der Waals surface area contributed by atoms with E-state index >= 15 is 0 Å². The van der Waals surface area contributed by atoms with Crippen LogP contribution in [0.3, 0.4) is 0 Å². The number of carbonyl (C=O) groups excluding carboxylic acids is 1. The third-order valence-corrected chi connectivity index (χ3v) is 8.60. The van der Waals surface area contributed by atoms with Crippen molar-refractivity contribution in [2.75, 3.05) is 24.7 Å². The molecule has 1 N–H and O–H groups in total. The summed E-state index contributed by atoms with van der Waals surface area (Å²) in [5.41, 5.74) is 4.72. The van der Waals surface area contributed by atoms with Crippen LogP contribution in [-0.2, 0) is 17.8 Å². The van der Waals surface area contributed by atoms with Gasteiger partial charge in [-0.15, -0.1) is 46.8 Å². The predicted molar refractivity (Wildman–Crippen MR) is 141 cm³/mol. The van der Waals surface area contributed by atoms with E-state index in [0.717, 1.165) is 45.5 Å². The van der Waals surface area contributed by atoms with Gasteiger partial charge in [0.25, 0.3) is 0 Å². The number of anilines is 1. The number of likely N-dealkylation sites (N-methyl/N-ethyl adjacent to an activating group) is 1. The van der Waals surface area contributed by atoms with E-state index in [4.69, 9.17) is 4.98 Å². The number of aryl methyl sites for hydroxylation is 1. The number of halogens is 1. The first-order valence-electron chi connectivity index (χ1n) is 10.2. The number of thiazole rings is 1. The molecule has 0 fully saturated rings. The van der Waals surface area contributed by atoms with Gasteiger partial charge in [0.2, 0.25) is 5.91 Å². The van der Waals surface area contributed by atoms with E-state index in [9.17, 15) is 4.79 Å². The molecule has 2 aromatic heterocycles. The van der Waals surface area contributed by atoms with Gasteiger partial charge in [-0.3, -0.25) is 4.79 Å². The lowest BCUT2D eigenvalue weighted by molar-refractivity contribution is -0.113. The Kier molecular flexibility index (Phi) is 7.22. The molecule has 0 saturated heterocycles. The van der Waals surface area contributed by atoms with Gasteiger partial charge in [-0.2, -0.15) is 0 Å². The minimum absolute atomic E-state index is 0. The summed E-state index contributed by atoms with van der Waals surface area (Å²) in [5, 5.41) is 5.16. The van der Waals surface area contributed by atoms with E-state index in [1.807, 2.05) is 12.1 Å². The molecule has 1 amide bonds. The van der Waals surface area contributed by atoms with Crippen LogP contribution in [0.5, 0.6) is 0 Å². The van der Waals surface area contributed by atoms with Crippen molar-refractivity contribution in [2.45, 2.75) is 24.8 Å². The highest BCUT2D eigenvalue weighted by Crippen LogP contribution is 2.45. The second kappa shape index (κ2) is 9.93. The van der Waals surface area contributed by atoms with Gasteiger partial charge in [0, 0.05) is 28.4 Å². The van der Waals surface area contributed by atoms with Crippen LogP contribution in [0, 0.1) is 6.92 Å². The van der Waals surface area contributed by atoms with E-state index < -0.39 is 0 Å². The number of nitrogens with one attached hydrogen (secondary N) is 1. The number of thiophene rings is 1. The van der Waals surface area contributed by atoms with Crippen molar-refractivity contribution in [3.63, 3.8) is 0 Å². The van der Waals surface area contributed by atoms with Gasteiger partial charge in [-0.25, -0.2) is 4.98 Å². The van der Waals surface area contributed by atoms with Crippen LogP contribution in [0.1, 0.15) is 16.0 Å². The van der Waals surface area contributed by atoms with Crippen molar-refractivity contribution in [1.29, 1.82) is 0 Å². The monoisotopic (exact) mass is 501 g/mol. The van der Waals surface area contributed by atoms with Crippen molar-refractivity contribution in [3.8, 4) is 10.6 Å². The molecule has 1 aliphatic rings. The van der Waals surface area contributed by atoms with Crippen LogP contribution in [0.4, 0.5) is 5.00 Å². The first-order chi connectivity index (χ1) is 15.1. The summed E-state index contributed by atoms with van der Waals surface area (Å²) in [4.78, 5) is 22.5. The maximum absolute atomic E-state index is 12.8. The summed E-state index contributed by atoms with van der Waals surface area (Å²) in [6, 6.07) is 16.5. The van der Waals surface area contributed by atoms with Gasteiger partial charge in [-0.1, -0.05) is 29.8 Å². The van der Waals surface area contributed by atoms with Crippen molar-refractivity contribution in [2.24, 2.45) is 0 Å². The summed E-state index contributed by atoms with van der Waals surface area (Å²) in [6.45, 7) is 4.02. The molecule has 8 heteroatoms. The van der Waals surface area contributed by atoms with Gasteiger partial charge >= 0.3 is 0 Å². The molecule has 3 heterocycles. The summed E-state index contributed by atoms with van der Waals surface area (Å²) < 4.78 is 1.18. The standard InChI is InChI=1S/C24H23N3OS3.ClH/c1-15-7-9-16(10-8-15)29-14-21(28)26-24-22(17-11-12-27(2)13-20(17)31-24)23-25-18-5-3-4-6-19(18)30-23;/h3-10H,11-14H2,1-2H3,(H,26,28);1H. The molecule has 0 atom stereocenters. The number of hydrogen-bond acceptors (Lipinski definition) is 6. The van der Waals surface area contributed by atoms with E-state index in [1.165, 1.54) is 20.7 Å². The second-order valence-corrected chi connectivity index (χ2v) is 11.0. The van der Waals surface area contributed by atoms with Crippen molar-refractivity contribution < 1.29 is 4.79 Å². The lowest BCUT2D eigenvalue weighted by Crippen LogP contribution is -2.25. The summed E-state index contributed by atoms with van der Waals surface area (Å²) in [6.07, 6.45) is 0.988. The second-order valence-electron chi connectivity index (χ2n) is 7.83. The molecule has 0 aliphatic carbocycles. The van der Waals surface area contributed by atoms with Gasteiger partial charge in [0.1, 0.15) is 10.0 Å². The van der Waals surface area contributed by atoms with Gasteiger partial charge < -0.3 is 10.2 Å². The molecular formula is C24H24ClN3OS3. The van der Waals surface area contributed by atoms with Crippen molar-refractivity contribution in [3.05, 3.63) is 64.5 Å². The van der Waals surface area contributed by atoms with Crippen LogP contribution in [-0.4, -0.2) is 35.1 Å². The number of rotatable bonds is 5. The summed E-state index contributed by atoms with van der Waals surface area (Å²) in [5.74, 6) is 0.421. The smallest absolute Gasteiger partial charge is 0.235 e. The Morgan fingerprint density at radius 2 is 1.94 bits per heavy atom. The van der Waals surface area contributed by atoms with Gasteiger partial charge in [0.15, 0.2) is 0 Å². The number of carbonyl (C=O) groups is 1. The average molecular weight is 502 g/mol. The Labute approximate surface area is 206 Å². The number of aromatic nitrogens is 1. The Hall–Kier alpha value is -1.90. The number of benzene rings is 2. The molecule has 0 bridgehead atoms. The highest BCUT2D eigenvalue weighted by Gasteiger charge is 2.26. The van der Waals surface area contributed by atoms with E-state index in [1.54, 1.807) is 34.4 Å². The molecule has 0 radical (unpaired) electrons. The molecule has 32 heavy (non-hydrogen) atoms. The predicted octanol–water partition coefficient (Wildman–Crippen LogP) is 6.47. The number of para-hydroxylation sites is 1. The molecule has 0 spiro atoms. The van der Waals surface area contributed by atoms with E-state index in [-0.39, 0.29) is 18.3 Å². The summed E-state index contributed by atoms with van der Waals surface area (Å²) in [7, 11) is 2.15. The first-order valence-corrected chi connectivity index (χ1v) is 12.9. The highest BCUT2D eigenvalue weighted by atomic mass is 35.5. The van der Waals surface area contributed by atoms with Crippen LogP contribution in [0.2, 0.25) is 0 Å². The molecule has 4 nitrogen and oxygen atoms in total. The van der Waals surface area contributed by atoms with Crippen molar-refractivity contribution >= 4 is 68.0 Å². The number of hydrogen-bond donors (Lipinski definition) is 1. The number of amides is 1. The minimum Gasteiger partial charge on any atom is -0.316 e. The molecule has 0 unspecified atom stereocenters. The van der Waals surface area contributed by atoms with Crippen molar-refractivity contribution in [1.82, 2.24) is 9.88 Å². The average Bonchev–Trinajstić information content (AvgIpc) is 3.33. The molecule has 4 aromatic rings. The normalized spacial score (nSPS) is 13.6. The zero-order valence-electron chi connectivity index (χ0n) is 17.9. The lowest BCUT2D eigenvalue weighted by atomic mass is 10.0. The van der Waals surface area contributed by atoms with Crippen LogP contribution in [0.15, 0.2) is 53.4 Å². The molecular weight excluding hydrogens is 478 g/mol. The Bertz CT molecular complexity index is 1220. The van der Waals surface area contributed by atoms with E-state index in [0.29, 0.717) is 5.75 Å². The number of fused-ring (bicyclic) bond motifs is 2. The topological polar surface area (TPSA) is 45.2 Å². The molecule has 5 rings (SSSR count). The number of nitrogens with zero attached hydrogens (tertiary/aromatic N) is 2. The summed E-state index contributed by atoms with van der Waals surface area (Å²) >= 11 is 4.98. The highest BCUT2D eigenvalue weighted by molar-refractivity contribution is 8.00. The Balaban J connectivity index is 0.00000245. The SMILES string of the molecule is Cc1ccc(SCC(=O)Nc2sc3c(c2-c2nc4ccccc4s2)CCN(C)C3)cc1.Cl. The third-order valence-electron chi connectivity index (χ3n) is 5.40. The minimum atomic E-state index is 0. The fourth-order valence-corrected chi connectivity index (χ4v) is 6.92. The van der Waals surface area contributed by atoms with Gasteiger partial charge in [0.05, 0.1) is 16.0 Å². The maximum atomic E-state index is 12.8. The van der Waals surface area contributed by atoms with Crippen LogP contribution >= 0.6 is 46.8 Å². The Morgan fingerprint density at radius 1 is 1.16 bits per heavy atom. The zero-order valence-corrected chi connectivity index (χ0v) is 21.1. The van der Waals surface area contributed by atoms with Crippen LogP contribution < -0.4 is 5.32 Å². The fourth-order valence-electron chi connectivity index (χ4n) is 3.77. The maximum Gasteiger partial charge on any atom is 0.235 e. The van der Waals surface area contributed by atoms with Crippen LogP contribution in [0.25, 0.3) is 20.8 Å². The molecule has 1 aliphatic heterocycles. The number of thioether (sulfide) groups is 1. The molecule has 2 aromatic carbocycles. The lowest BCUT2D eigenvalue weighted by Gasteiger charge is -2.22. The zero-order chi connectivity index (χ0) is 21.4. The third kappa shape index (κ3) is 4.87.